The summed E-state index contributed by atoms with van der Waals surface area (Å²) in [5.41, 5.74) is 11.1. The molecule has 0 saturated heterocycles. The van der Waals surface area contributed by atoms with Crippen LogP contribution in [-0.2, 0) is 0 Å². The van der Waals surface area contributed by atoms with Gasteiger partial charge in [-0.25, -0.2) is 0 Å². The lowest BCUT2D eigenvalue weighted by Crippen LogP contribution is -2.10. The van der Waals surface area contributed by atoms with E-state index in [1.807, 2.05) is 24.3 Å². The Morgan fingerprint density at radius 2 is 0.943 bits per heavy atom. The Morgan fingerprint density at radius 3 is 1.79 bits per heavy atom. The number of hydrogen-bond donors (Lipinski definition) is 0. The quantitative estimate of drug-likeness (QED) is 0.170. The first kappa shape index (κ1) is 29.6. The van der Waals surface area contributed by atoms with Gasteiger partial charge < -0.3 is 13.7 Å². The predicted molar refractivity (Wildman–Crippen MR) is 222 cm³/mol. The van der Waals surface area contributed by atoms with Gasteiger partial charge in [-0.3, -0.25) is 0 Å². The van der Waals surface area contributed by atoms with Crippen molar-refractivity contribution < 1.29 is 8.83 Å². The van der Waals surface area contributed by atoms with Gasteiger partial charge in [-0.15, -0.1) is 0 Å². The van der Waals surface area contributed by atoms with Gasteiger partial charge in [0.15, 0.2) is 5.58 Å². The van der Waals surface area contributed by atoms with Crippen LogP contribution in [0.25, 0.3) is 87.7 Å². The van der Waals surface area contributed by atoms with Crippen LogP contribution in [0.1, 0.15) is 0 Å². The Bertz CT molecular complexity index is 3190. The van der Waals surface area contributed by atoms with Crippen LogP contribution in [-0.4, -0.2) is 0 Å². The summed E-state index contributed by atoms with van der Waals surface area (Å²) in [6, 6.07) is 66.9. The lowest BCUT2D eigenvalue weighted by molar-refractivity contribution is 0.668. The molecule has 11 rings (SSSR count). The molecule has 2 heterocycles. The minimum atomic E-state index is 0.854. The minimum absolute atomic E-state index is 0.854. The van der Waals surface area contributed by atoms with Crippen molar-refractivity contribution in [1.29, 1.82) is 0 Å². The van der Waals surface area contributed by atoms with Crippen molar-refractivity contribution >= 4 is 82.5 Å². The van der Waals surface area contributed by atoms with Crippen molar-refractivity contribution in [1.82, 2.24) is 0 Å². The fourth-order valence-corrected chi connectivity index (χ4v) is 8.14. The highest BCUT2D eigenvalue weighted by Crippen LogP contribution is 2.46. The standard InChI is InChI=1S/C50H31NO2/c1-2-11-32(12-3-1)44-31-37(26-28-39(44)35-24-27-42-40-15-6-8-19-47(40)52-49(42)29-35)51(46-18-10-17-43-41-16-7-9-20-48(41)53-50(43)46)36-25-23-34-22-21-33-13-4-5-14-38(33)45(34)30-36/h1-31H. The van der Waals surface area contributed by atoms with Crippen molar-refractivity contribution in [2.45, 2.75) is 0 Å². The number of para-hydroxylation sites is 3. The van der Waals surface area contributed by atoms with Crippen LogP contribution >= 0.6 is 0 Å². The third kappa shape index (κ3) is 4.75. The molecule has 2 aromatic heterocycles. The molecule has 53 heavy (non-hydrogen) atoms. The van der Waals surface area contributed by atoms with Crippen LogP contribution in [0.15, 0.2) is 197 Å². The summed E-state index contributed by atoms with van der Waals surface area (Å²) in [7, 11) is 0. The normalized spacial score (nSPS) is 11.8. The van der Waals surface area contributed by atoms with Crippen LogP contribution in [0.3, 0.4) is 0 Å². The van der Waals surface area contributed by atoms with Crippen molar-refractivity contribution in [2.75, 3.05) is 4.90 Å². The maximum atomic E-state index is 6.69. The lowest BCUT2D eigenvalue weighted by atomic mass is 9.93. The zero-order valence-electron chi connectivity index (χ0n) is 28.7. The Hall–Kier alpha value is -7.10. The van der Waals surface area contributed by atoms with Crippen LogP contribution < -0.4 is 4.90 Å². The molecule has 0 aliphatic rings. The average molecular weight is 678 g/mol. The minimum Gasteiger partial charge on any atom is -0.456 e. The molecular formula is C50H31NO2. The topological polar surface area (TPSA) is 29.5 Å². The number of rotatable bonds is 5. The first-order valence-electron chi connectivity index (χ1n) is 18.0. The van der Waals surface area contributed by atoms with Gasteiger partial charge in [-0.1, -0.05) is 133 Å². The van der Waals surface area contributed by atoms with Crippen molar-refractivity contribution in [3.63, 3.8) is 0 Å². The summed E-state index contributed by atoms with van der Waals surface area (Å²) < 4.78 is 13.0. The second-order valence-electron chi connectivity index (χ2n) is 13.7. The van der Waals surface area contributed by atoms with E-state index < -0.39 is 0 Å². The molecule has 0 bridgehead atoms. The SMILES string of the molecule is c1ccc(-c2cc(N(c3ccc4ccc5ccccc5c4c3)c3cccc4c3oc3ccccc34)ccc2-c2ccc3c(c2)oc2ccccc23)cc1. The van der Waals surface area contributed by atoms with Crippen molar-refractivity contribution in [3.05, 3.63) is 188 Å². The Balaban J connectivity index is 1.17. The molecule has 0 fully saturated rings. The first-order chi connectivity index (χ1) is 26.3. The number of furan rings is 2. The highest BCUT2D eigenvalue weighted by Gasteiger charge is 2.22. The van der Waals surface area contributed by atoms with Gasteiger partial charge in [0, 0.05) is 32.9 Å². The van der Waals surface area contributed by atoms with Gasteiger partial charge in [0.1, 0.15) is 16.7 Å². The summed E-state index contributed by atoms with van der Waals surface area (Å²) in [6.45, 7) is 0. The number of hydrogen-bond acceptors (Lipinski definition) is 3. The van der Waals surface area contributed by atoms with Crippen LogP contribution in [0, 0.1) is 0 Å². The Labute approximate surface area is 305 Å². The molecule has 0 radical (unpaired) electrons. The Kier molecular flexibility index (Phi) is 6.55. The summed E-state index contributed by atoms with van der Waals surface area (Å²) in [4.78, 5) is 2.35. The van der Waals surface area contributed by atoms with Crippen molar-refractivity contribution in [2.24, 2.45) is 0 Å². The van der Waals surface area contributed by atoms with Crippen LogP contribution in [0.5, 0.6) is 0 Å². The number of fused-ring (bicyclic) bond motifs is 9. The van der Waals surface area contributed by atoms with E-state index in [9.17, 15) is 0 Å². The molecule has 11 aromatic rings. The molecule has 9 aromatic carbocycles. The van der Waals surface area contributed by atoms with Gasteiger partial charge >= 0.3 is 0 Å². The van der Waals surface area contributed by atoms with E-state index in [4.69, 9.17) is 8.83 Å². The van der Waals surface area contributed by atoms with E-state index in [2.05, 4.69) is 169 Å². The summed E-state index contributed by atoms with van der Waals surface area (Å²) >= 11 is 0. The van der Waals surface area contributed by atoms with Gasteiger partial charge in [0.25, 0.3) is 0 Å². The highest BCUT2D eigenvalue weighted by molar-refractivity contribution is 6.12. The fraction of sp³-hybridized carbons (Fsp3) is 0. The van der Waals surface area contributed by atoms with E-state index in [1.165, 1.54) is 21.5 Å². The summed E-state index contributed by atoms with van der Waals surface area (Å²) in [5, 5.41) is 9.32. The average Bonchev–Trinajstić information content (AvgIpc) is 3.80. The van der Waals surface area contributed by atoms with E-state index in [0.29, 0.717) is 0 Å². The monoisotopic (exact) mass is 677 g/mol. The Morgan fingerprint density at radius 1 is 0.321 bits per heavy atom. The molecule has 0 saturated carbocycles. The second-order valence-corrected chi connectivity index (χ2v) is 13.7. The predicted octanol–water partition coefficient (Wildman–Crippen LogP) is 14.6. The van der Waals surface area contributed by atoms with Gasteiger partial charge in [-0.2, -0.15) is 0 Å². The van der Waals surface area contributed by atoms with Crippen molar-refractivity contribution in [3.8, 4) is 22.3 Å². The van der Waals surface area contributed by atoms with Gasteiger partial charge in [0.2, 0.25) is 0 Å². The number of benzene rings is 9. The first-order valence-corrected chi connectivity index (χ1v) is 18.0. The number of nitrogens with zero attached hydrogens (tertiary/aromatic N) is 1. The molecule has 0 spiro atoms. The molecule has 0 unspecified atom stereocenters. The van der Waals surface area contributed by atoms with E-state index >= 15 is 0 Å². The lowest BCUT2D eigenvalue weighted by Gasteiger charge is -2.27. The molecule has 0 N–H and O–H groups in total. The van der Waals surface area contributed by atoms with Gasteiger partial charge in [0.05, 0.1) is 5.69 Å². The third-order valence-corrected chi connectivity index (χ3v) is 10.6. The number of anilines is 3. The highest BCUT2D eigenvalue weighted by atomic mass is 16.3. The molecule has 0 amide bonds. The molecule has 0 aliphatic carbocycles. The fourth-order valence-electron chi connectivity index (χ4n) is 8.14. The van der Waals surface area contributed by atoms with Crippen LogP contribution in [0.2, 0.25) is 0 Å². The second kappa shape index (κ2) is 11.7. The van der Waals surface area contributed by atoms with E-state index in [0.717, 1.165) is 83.2 Å². The molecule has 0 aliphatic heterocycles. The van der Waals surface area contributed by atoms with Crippen LogP contribution in [0.4, 0.5) is 17.1 Å². The molecule has 3 nitrogen and oxygen atoms in total. The summed E-state index contributed by atoms with van der Waals surface area (Å²) in [6.07, 6.45) is 0. The largest absolute Gasteiger partial charge is 0.456 e. The van der Waals surface area contributed by atoms with E-state index in [-0.39, 0.29) is 0 Å². The maximum absolute atomic E-state index is 6.69. The van der Waals surface area contributed by atoms with Gasteiger partial charge in [-0.05, 0) is 98.4 Å². The van der Waals surface area contributed by atoms with E-state index in [1.54, 1.807) is 0 Å². The molecule has 248 valence electrons. The summed E-state index contributed by atoms with van der Waals surface area (Å²) in [5.74, 6) is 0. The zero-order valence-corrected chi connectivity index (χ0v) is 28.7. The molecule has 3 heteroatoms. The molecular weight excluding hydrogens is 647 g/mol. The molecule has 0 atom stereocenters. The third-order valence-electron chi connectivity index (χ3n) is 10.6. The zero-order chi connectivity index (χ0) is 34.9. The maximum Gasteiger partial charge on any atom is 0.159 e. The smallest absolute Gasteiger partial charge is 0.159 e.